The molecule has 7 heteroatoms. The Morgan fingerprint density at radius 1 is 1.62 bits per heavy atom. The lowest BCUT2D eigenvalue weighted by atomic mass is 10.6. The van der Waals surface area contributed by atoms with E-state index in [1.165, 1.54) is 10.7 Å². The van der Waals surface area contributed by atoms with Crippen LogP contribution in [0.3, 0.4) is 0 Å². The molecule has 0 aliphatic heterocycles. The number of aromatic amines is 1. The monoisotopic (exact) mass is 223 g/mol. The van der Waals surface area contributed by atoms with E-state index in [2.05, 4.69) is 20.5 Å². The maximum atomic E-state index is 11.1. The third-order valence-corrected chi connectivity index (χ3v) is 2.06. The van der Waals surface area contributed by atoms with Gasteiger partial charge in [0, 0.05) is 12.6 Å². The average Bonchev–Trinajstić information content (AvgIpc) is 2.66. The van der Waals surface area contributed by atoms with Gasteiger partial charge in [0.15, 0.2) is 5.65 Å². The van der Waals surface area contributed by atoms with Crippen LogP contribution in [0.5, 0.6) is 5.88 Å². The molecule has 0 unspecified atom stereocenters. The topological polar surface area (TPSA) is 84.3 Å². The molecule has 0 radical (unpaired) electrons. The first kappa shape index (κ1) is 10.6. The summed E-state index contributed by atoms with van der Waals surface area (Å²) in [7, 11) is 0. The van der Waals surface area contributed by atoms with E-state index in [-0.39, 0.29) is 5.69 Å². The molecule has 2 aromatic heterocycles. The summed E-state index contributed by atoms with van der Waals surface area (Å²) in [6.45, 7) is 4.23. The number of ether oxygens (including phenoxy) is 1. The van der Waals surface area contributed by atoms with Crippen LogP contribution in [-0.2, 0) is 0 Å². The molecular weight excluding hydrogens is 210 g/mol. The van der Waals surface area contributed by atoms with Gasteiger partial charge in [0.05, 0.1) is 0 Å². The molecule has 16 heavy (non-hydrogen) atoms. The van der Waals surface area contributed by atoms with Gasteiger partial charge in [-0.15, -0.1) is 0 Å². The standard InChI is InChI=1S/C9H13N5O2/c1-2-10-3-4-16-8-5-7-12-13-9(15)14(7)6-11-8/h5-6,10H,2-4H2,1H3,(H,13,15). The summed E-state index contributed by atoms with van der Waals surface area (Å²) in [5, 5.41) is 9.27. The maximum absolute atomic E-state index is 11.1. The molecule has 0 spiro atoms. The van der Waals surface area contributed by atoms with Crippen LogP contribution >= 0.6 is 0 Å². The minimum absolute atomic E-state index is 0.304. The Morgan fingerprint density at radius 3 is 3.31 bits per heavy atom. The molecule has 2 N–H and O–H groups in total. The van der Waals surface area contributed by atoms with E-state index in [0.29, 0.717) is 18.1 Å². The Morgan fingerprint density at radius 2 is 2.50 bits per heavy atom. The second-order valence-corrected chi connectivity index (χ2v) is 3.19. The van der Waals surface area contributed by atoms with Crippen molar-refractivity contribution < 1.29 is 4.74 Å². The normalized spacial score (nSPS) is 10.8. The summed E-state index contributed by atoms with van der Waals surface area (Å²) in [6, 6.07) is 1.61. The van der Waals surface area contributed by atoms with Gasteiger partial charge in [-0.1, -0.05) is 6.92 Å². The van der Waals surface area contributed by atoms with E-state index < -0.39 is 0 Å². The highest BCUT2D eigenvalue weighted by molar-refractivity contribution is 5.38. The molecule has 0 amide bonds. The van der Waals surface area contributed by atoms with E-state index in [4.69, 9.17) is 4.74 Å². The highest BCUT2D eigenvalue weighted by atomic mass is 16.5. The highest BCUT2D eigenvalue weighted by Gasteiger charge is 2.02. The summed E-state index contributed by atoms with van der Waals surface area (Å²) >= 11 is 0. The first-order valence-electron chi connectivity index (χ1n) is 5.07. The van der Waals surface area contributed by atoms with E-state index in [0.717, 1.165) is 13.1 Å². The Bertz CT molecular complexity index is 518. The van der Waals surface area contributed by atoms with Crippen LogP contribution in [-0.4, -0.2) is 39.3 Å². The number of aromatic nitrogens is 4. The Labute approximate surface area is 91.5 Å². The van der Waals surface area contributed by atoms with Crippen LogP contribution in [0, 0.1) is 0 Å². The van der Waals surface area contributed by atoms with Crippen LogP contribution in [0.2, 0.25) is 0 Å². The Balaban J connectivity index is 2.05. The van der Waals surface area contributed by atoms with Gasteiger partial charge in [-0.3, -0.25) is 0 Å². The molecule has 0 atom stereocenters. The number of nitrogens with zero attached hydrogens (tertiary/aromatic N) is 3. The highest BCUT2D eigenvalue weighted by Crippen LogP contribution is 2.06. The van der Waals surface area contributed by atoms with Crippen molar-refractivity contribution in [3.63, 3.8) is 0 Å². The first-order valence-corrected chi connectivity index (χ1v) is 5.07. The van der Waals surface area contributed by atoms with Crippen molar-refractivity contribution in [1.29, 1.82) is 0 Å². The molecular formula is C9H13N5O2. The van der Waals surface area contributed by atoms with Gasteiger partial charge in [0.2, 0.25) is 5.88 Å². The zero-order valence-corrected chi connectivity index (χ0v) is 8.93. The largest absolute Gasteiger partial charge is 0.476 e. The molecule has 2 heterocycles. The van der Waals surface area contributed by atoms with Gasteiger partial charge in [-0.05, 0) is 6.54 Å². The van der Waals surface area contributed by atoms with Crippen LogP contribution in [0.15, 0.2) is 17.2 Å². The molecule has 2 rings (SSSR count). The predicted octanol–water partition coefficient (Wildman–Crippen LogP) is -0.594. The lowest BCUT2D eigenvalue weighted by Gasteiger charge is -2.04. The molecule has 0 bridgehead atoms. The number of nitrogens with one attached hydrogen (secondary N) is 2. The van der Waals surface area contributed by atoms with Crippen LogP contribution in [0.4, 0.5) is 0 Å². The fraction of sp³-hybridized carbons (Fsp3) is 0.444. The molecule has 0 aliphatic rings. The van der Waals surface area contributed by atoms with Crippen molar-refractivity contribution in [2.45, 2.75) is 6.92 Å². The van der Waals surface area contributed by atoms with Gasteiger partial charge in [0.25, 0.3) is 0 Å². The number of likely N-dealkylation sites (N-methyl/N-ethyl adjacent to an activating group) is 1. The third-order valence-electron chi connectivity index (χ3n) is 2.06. The molecule has 0 aromatic carbocycles. The zero-order chi connectivity index (χ0) is 11.4. The zero-order valence-electron chi connectivity index (χ0n) is 8.93. The van der Waals surface area contributed by atoms with Crippen molar-refractivity contribution in [2.75, 3.05) is 19.7 Å². The number of hydrogen-bond acceptors (Lipinski definition) is 5. The van der Waals surface area contributed by atoms with Gasteiger partial charge in [-0.25, -0.2) is 19.3 Å². The van der Waals surface area contributed by atoms with Crippen molar-refractivity contribution in [3.05, 3.63) is 22.9 Å². The van der Waals surface area contributed by atoms with Crippen LogP contribution in [0.25, 0.3) is 5.65 Å². The van der Waals surface area contributed by atoms with Crippen LogP contribution < -0.4 is 15.7 Å². The smallest absolute Gasteiger partial charge is 0.348 e. The van der Waals surface area contributed by atoms with Crippen LogP contribution in [0.1, 0.15) is 6.92 Å². The van der Waals surface area contributed by atoms with Crippen molar-refractivity contribution >= 4 is 5.65 Å². The fourth-order valence-electron chi connectivity index (χ4n) is 1.28. The lowest BCUT2D eigenvalue weighted by Crippen LogP contribution is -2.20. The Kier molecular flexibility index (Phi) is 3.16. The second kappa shape index (κ2) is 4.75. The summed E-state index contributed by atoms with van der Waals surface area (Å²) in [5.41, 5.74) is 0.195. The number of hydrogen-bond donors (Lipinski definition) is 2. The minimum Gasteiger partial charge on any atom is -0.476 e. The summed E-state index contributed by atoms with van der Waals surface area (Å²) in [5.74, 6) is 0.462. The molecule has 0 saturated heterocycles. The van der Waals surface area contributed by atoms with Gasteiger partial charge >= 0.3 is 5.69 Å². The van der Waals surface area contributed by atoms with Crippen molar-refractivity contribution in [1.82, 2.24) is 24.9 Å². The Hall–Kier alpha value is -1.89. The summed E-state index contributed by atoms with van der Waals surface area (Å²) in [6.07, 6.45) is 1.39. The molecule has 0 aliphatic carbocycles. The predicted molar refractivity (Wildman–Crippen MR) is 57.6 cm³/mol. The number of rotatable bonds is 5. The molecule has 2 aromatic rings. The fourth-order valence-corrected chi connectivity index (χ4v) is 1.28. The average molecular weight is 223 g/mol. The second-order valence-electron chi connectivity index (χ2n) is 3.19. The lowest BCUT2D eigenvalue weighted by molar-refractivity contribution is 0.303. The molecule has 0 fully saturated rings. The molecule has 86 valence electrons. The van der Waals surface area contributed by atoms with E-state index in [1.807, 2.05) is 6.92 Å². The quantitative estimate of drug-likeness (QED) is 0.662. The van der Waals surface area contributed by atoms with Gasteiger partial charge in [0.1, 0.15) is 12.9 Å². The number of H-pyrrole nitrogens is 1. The third kappa shape index (κ3) is 2.19. The first-order chi connectivity index (χ1) is 7.81. The SMILES string of the molecule is CCNCCOc1cc2n[nH]c(=O)n2cn1. The molecule has 7 nitrogen and oxygen atoms in total. The number of fused-ring (bicyclic) bond motifs is 1. The summed E-state index contributed by atoms with van der Waals surface area (Å²) in [4.78, 5) is 15.1. The van der Waals surface area contributed by atoms with E-state index in [1.54, 1.807) is 6.07 Å². The summed E-state index contributed by atoms with van der Waals surface area (Å²) < 4.78 is 6.70. The molecule has 0 saturated carbocycles. The minimum atomic E-state index is -0.304. The van der Waals surface area contributed by atoms with Crippen molar-refractivity contribution in [3.8, 4) is 5.88 Å². The van der Waals surface area contributed by atoms with Gasteiger partial charge in [-0.2, -0.15) is 5.10 Å². The van der Waals surface area contributed by atoms with E-state index >= 15 is 0 Å². The van der Waals surface area contributed by atoms with Gasteiger partial charge < -0.3 is 10.1 Å². The van der Waals surface area contributed by atoms with Crippen molar-refractivity contribution in [2.24, 2.45) is 0 Å². The van der Waals surface area contributed by atoms with E-state index in [9.17, 15) is 4.79 Å². The maximum Gasteiger partial charge on any atom is 0.348 e.